The summed E-state index contributed by atoms with van der Waals surface area (Å²) >= 11 is 0. The highest BCUT2D eigenvalue weighted by Gasteiger charge is 2.28. The summed E-state index contributed by atoms with van der Waals surface area (Å²) in [5, 5.41) is 5.86. The van der Waals surface area contributed by atoms with Gasteiger partial charge in [0.1, 0.15) is 0 Å². The van der Waals surface area contributed by atoms with E-state index in [-0.39, 0.29) is 12.1 Å². The molecule has 1 aliphatic carbocycles. The van der Waals surface area contributed by atoms with Crippen molar-refractivity contribution in [1.82, 2.24) is 5.32 Å². The second-order valence-electron chi connectivity index (χ2n) is 5.92. The quantitative estimate of drug-likeness (QED) is 0.827. The van der Waals surface area contributed by atoms with Crippen molar-refractivity contribution in [3.05, 3.63) is 65.7 Å². The first-order valence-corrected chi connectivity index (χ1v) is 7.95. The fraction of sp³-hybridized carbons (Fsp3) is 0.250. The molecule has 23 heavy (non-hydrogen) atoms. The molecular formula is C20H20N2O. The van der Waals surface area contributed by atoms with E-state index in [1.54, 1.807) is 0 Å². The summed E-state index contributed by atoms with van der Waals surface area (Å²) in [7, 11) is 0. The third-order valence-electron chi connectivity index (χ3n) is 3.93. The minimum atomic E-state index is -0.155. The van der Waals surface area contributed by atoms with Crippen LogP contribution in [-0.2, 0) is 0 Å². The molecule has 0 spiro atoms. The largest absolute Gasteiger partial charge is 0.335 e. The average molecular weight is 304 g/mol. The highest BCUT2D eigenvalue weighted by molar-refractivity contribution is 5.89. The van der Waals surface area contributed by atoms with Gasteiger partial charge in [0, 0.05) is 22.9 Å². The molecule has 2 N–H and O–H groups in total. The van der Waals surface area contributed by atoms with Crippen LogP contribution in [0.2, 0.25) is 0 Å². The highest BCUT2D eigenvalue weighted by atomic mass is 16.2. The number of hydrogen-bond donors (Lipinski definition) is 2. The smallest absolute Gasteiger partial charge is 0.319 e. The van der Waals surface area contributed by atoms with E-state index < -0.39 is 0 Å². The zero-order valence-electron chi connectivity index (χ0n) is 13.2. The fourth-order valence-electron chi connectivity index (χ4n) is 2.43. The Morgan fingerprint density at radius 2 is 1.74 bits per heavy atom. The van der Waals surface area contributed by atoms with Crippen LogP contribution >= 0.6 is 0 Å². The molecule has 2 aromatic carbocycles. The molecule has 3 nitrogen and oxygen atoms in total. The van der Waals surface area contributed by atoms with E-state index in [0.29, 0.717) is 5.92 Å². The van der Waals surface area contributed by atoms with Crippen LogP contribution in [0.25, 0.3) is 0 Å². The van der Waals surface area contributed by atoms with Crippen molar-refractivity contribution in [3.63, 3.8) is 0 Å². The Morgan fingerprint density at radius 3 is 2.48 bits per heavy atom. The minimum absolute atomic E-state index is 0.155. The van der Waals surface area contributed by atoms with E-state index in [9.17, 15) is 4.79 Å². The van der Waals surface area contributed by atoms with E-state index in [0.717, 1.165) is 16.8 Å². The molecular weight excluding hydrogens is 284 g/mol. The monoisotopic (exact) mass is 304 g/mol. The van der Waals surface area contributed by atoms with Crippen LogP contribution in [0.1, 0.15) is 30.9 Å². The summed E-state index contributed by atoms with van der Waals surface area (Å²) in [6, 6.07) is 17.5. The number of nitrogens with one attached hydrogen (secondary N) is 2. The first-order chi connectivity index (χ1) is 11.2. The topological polar surface area (TPSA) is 41.1 Å². The van der Waals surface area contributed by atoms with Crippen molar-refractivity contribution < 1.29 is 4.79 Å². The van der Waals surface area contributed by atoms with Gasteiger partial charge in [-0.25, -0.2) is 4.79 Å². The molecule has 0 aromatic heterocycles. The molecule has 0 bridgehead atoms. The Kier molecular flexibility index (Phi) is 4.63. The Labute approximate surface area is 137 Å². The summed E-state index contributed by atoms with van der Waals surface area (Å²) in [6.45, 7) is 2.05. The highest BCUT2D eigenvalue weighted by Crippen LogP contribution is 2.32. The summed E-state index contributed by atoms with van der Waals surface area (Å²) in [5.74, 6) is 6.88. The zero-order valence-corrected chi connectivity index (χ0v) is 13.2. The van der Waals surface area contributed by atoms with Crippen molar-refractivity contribution in [2.45, 2.75) is 25.8 Å². The van der Waals surface area contributed by atoms with E-state index in [4.69, 9.17) is 0 Å². The zero-order chi connectivity index (χ0) is 16.1. The van der Waals surface area contributed by atoms with Crippen molar-refractivity contribution in [3.8, 4) is 11.8 Å². The van der Waals surface area contributed by atoms with Crippen LogP contribution in [0.5, 0.6) is 0 Å². The van der Waals surface area contributed by atoms with Crippen LogP contribution in [-0.4, -0.2) is 12.1 Å². The van der Waals surface area contributed by atoms with Gasteiger partial charge in [-0.05, 0) is 56.0 Å². The predicted molar refractivity (Wildman–Crippen MR) is 93.2 cm³/mol. The van der Waals surface area contributed by atoms with Crippen LogP contribution in [0.15, 0.2) is 54.6 Å². The molecule has 2 aromatic rings. The molecule has 116 valence electrons. The van der Waals surface area contributed by atoms with Gasteiger partial charge in [0.2, 0.25) is 0 Å². The molecule has 2 amide bonds. The van der Waals surface area contributed by atoms with E-state index >= 15 is 0 Å². The fourth-order valence-corrected chi connectivity index (χ4v) is 2.43. The SMILES string of the molecule is CC(NC(=O)Nc1cccc(C#Cc2ccccc2)c1)C1CC1. The van der Waals surface area contributed by atoms with Gasteiger partial charge in [0.05, 0.1) is 0 Å². The maximum Gasteiger partial charge on any atom is 0.319 e. The lowest BCUT2D eigenvalue weighted by Crippen LogP contribution is -2.37. The standard InChI is InChI=1S/C20H20N2O/c1-15(18-12-13-18)21-20(23)22-19-9-5-8-17(14-19)11-10-16-6-3-2-4-7-16/h2-9,14-15,18H,12-13H2,1H3,(H2,21,22,23). The molecule has 0 radical (unpaired) electrons. The molecule has 1 atom stereocenters. The van der Waals surface area contributed by atoms with E-state index in [1.807, 2.05) is 54.6 Å². The van der Waals surface area contributed by atoms with Crippen LogP contribution in [0.3, 0.4) is 0 Å². The molecule has 0 aliphatic heterocycles. The first-order valence-electron chi connectivity index (χ1n) is 7.95. The lowest BCUT2D eigenvalue weighted by Gasteiger charge is -2.13. The van der Waals surface area contributed by atoms with Gasteiger partial charge in [-0.15, -0.1) is 0 Å². The predicted octanol–water partition coefficient (Wildman–Crippen LogP) is 4.01. The molecule has 1 fully saturated rings. The number of hydrogen-bond acceptors (Lipinski definition) is 1. The lowest BCUT2D eigenvalue weighted by atomic mass is 10.1. The molecule has 1 saturated carbocycles. The van der Waals surface area contributed by atoms with Gasteiger partial charge in [0.25, 0.3) is 0 Å². The average Bonchev–Trinajstić information content (AvgIpc) is 3.39. The van der Waals surface area contributed by atoms with Crippen LogP contribution in [0, 0.1) is 17.8 Å². The number of urea groups is 1. The Morgan fingerprint density at radius 1 is 1.04 bits per heavy atom. The van der Waals surface area contributed by atoms with Crippen molar-refractivity contribution >= 4 is 11.7 Å². The summed E-state index contributed by atoms with van der Waals surface area (Å²) in [6.07, 6.45) is 2.43. The number of amides is 2. The second kappa shape index (κ2) is 7.02. The lowest BCUT2D eigenvalue weighted by molar-refractivity contribution is 0.248. The molecule has 0 saturated heterocycles. The summed E-state index contributed by atoms with van der Waals surface area (Å²) < 4.78 is 0. The number of rotatable bonds is 3. The third kappa shape index (κ3) is 4.62. The normalized spacial score (nSPS) is 14.3. The van der Waals surface area contributed by atoms with Gasteiger partial charge >= 0.3 is 6.03 Å². The Hall–Kier alpha value is -2.73. The van der Waals surface area contributed by atoms with Crippen molar-refractivity contribution in [1.29, 1.82) is 0 Å². The van der Waals surface area contributed by atoms with Crippen molar-refractivity contribution in [2.75, 3.05) is 5.32 Å². The van der Waals surface area contributed by atoms with Gasteiger partial charge in [-0.1, -0.05) is 36.1 Å². The summed E-state index contributed by atoms with van der Waals surface area (Å²) in [5.41, 5.74) is 2.61. The Bertz CT molecular complexity index is 739. The van der Waals surface area contributed by atoms with E-state index in [1.165, 1.54) is 12.8 Å². The first kappa shape index (κ1) is 15.2. The number of carbonyl (C=O) groups is 1. The van der Waals surface area contributed by atoms with Gasteiger partial charge in [0.15, 0.2) is 0 Å². The summed E-state index contributed by atoms with van der Waals surface area (Å²) in [4.78, 5) is 12.0. The van der Waals surface area contributed by atoms with E-state index in [2.05, 4.69) is 29.4 Å². The maximum atomic E-state index is 12.0. The number of carbonyl (C=O) groups excluding carboxylic acids is 1. The van der Waals surface area contributed by atoms with Crippen LogP contribution < -0.4 is 10.6 Å². The van der Waals surface area contributed by atoms with Gasteiger partial charge in [-0.2, -0.15) is 0 Å². The Balaban J connectivity index is 1.63. The minimum Gasteiger partial charge on any atom is -0.335 e. The van der Waals surface area contributed by atoms with Gasteiger partial charge < -0.3 is 10.6 Å². The molecule has 3 rings (SSSR count). The number of anilines is 1. The second-order valence-corrected chi connectivity index (χ2v) is 5.92. The molecule has 1 unspecified atom stereocenters. The number of benzene rings is 2. The van der Waals surface area contributed by atoms with Gasteiger partial charge in [-0.3, -0.25) is 0 Å². The van der Waals surface area contributed by atoms with Crippen LogP contribution in [0.4, 0.5) is 10.5 Å². The van der Waals surface area contributed by atoms with Crippen molar-refractivity contribution in [2.24, 2.45) is 5.92 Å². The molecule has 3 heteroatoms. The molecule has 1 aliphatic rings. The maximum absolute atomic E-state index is 12.0. The molecule has 0 heterocycles. The third-order valence-corrected chi connectivity index (χ3v) is 3.93.